The second-order valence-electron chi connectivity index (χ2n) is 9.11. The topological polar surface area (TPSA) is 106 Å². The molecule has 2 heterocycles. The van der Waals surface area contributed by atoms with Crippen LogP contribution in [-0.4, -0.2) is 37.7 Å². The summed E-state index contributed by atoms with van der Waals surface area (Å²) in [5, 5.41) is 6.21. The lowest BCUT2D eigenvalue weighted by molar-refractivity contribution is -0.126. The molecule has 0 aromatic heterocycles. The fourth-order valence-corrected chi connectivity index (χ4v) is 4.44. The second-order valence-corrected chi connectivity index (χ2v) is 9.51. The van der Waals surface area contributed by atoms with Crippen LogP contribution in [0.3, 0.4) is 0 Å². The van der Waals surface area contributed by atoms with E-state index < -0.39 is 5.92 Å². The van der Waals surface area contributed by atoms with Gasteiger partial charge in [-0.15, -0.1) is 0 Å². The fraction of sp³-hybridized carbons (Fsp3) is 0.250. The maximum absolute atomic E-state index is 12.7. The molecule has 38 heavy (non-hydrogen) atoms. The van der Waals surface area contributed by atoms with Crippen LogP contribution in [0.25, 0.3) is 0 Å². The number of aryl methyl sites for hydroxylation is 1. The minimum atomic E-state index is -0.452. The van der Waals surface area contributed by atoms with Crippen molar-refractivity contribution in [3.63, 3.8) is 0 Å². The second kappa shape index (κ2) is 11.0. The lowest BCUT2D eigenvalue weighted by Gasteiger charge is -2.17. The number of carbonyl (C=O) groups excluding carboxylic acids is 3. The van der Waals surface area contributed by atoms with Crippen LogP contribution in [0.4, 0.5) is 11.4 Å². The summed E-state index contributed by atoms with van der Waals surface area (Å²) in [6.45, 7) is 2.51. The summed E-state index contributed by atoms with van der Waals surface area (Å²) < 4.78 is 16.2. The van der Waals surface area contributed by atoms with Gasteiger partial charge in [-0.2, -0.15) is 0 Å². The molecule has 2 aliphatic heterocycles. The van der Waals surface area contributed by atoms with Gasteiger partial charge in [0.2, 0.25) is 18.6 Å². The number of rotatable bonds is 8. The smallest absolute Gasteiger partial charge is 0.262 e. The highest BCUT2D eigenvalue weighted by atomic mass is 35.5. The van der Waals surface area contributed by atoms with E-state index in [1.165, 1.54) is 0 Å². The molecule has 1 fully saturated rings. The number of anilines is 2. The Morgan fingerprint density at radius 1 is 1.05 bits per heavy atom. The van der Waals surface area contributed by atoms with Crippen molar-refractivity contribution in [2.45, 2.75) is 19.9 Å². The number of fused-ring (bicyclic) bond motifs is 1. The predicted molar refractivity (Wildman–Crippen MR) is 142 cm³/mol. The highest BCUT2D eigenvalue weighted by molar-refractivity contribution is 6.31. The minimum absolute atomic E-state index is 0.127. The van der Waals surface area contributed by atoms with E-state index in [-0.39, 0.29) is 44.1 Å². The lowest BCUT2D eigenvalue weighted by atomic mass is 10.1. The number of benzene rings is 3. The average molecular weight is 536 g/mol. The van der Waals surface area contributed by atoms with E-state index in [0.29, 0.717) is 40.2 Å². The van der Waals surface area contributed by atoms with Gasteiger partial charge in [-0.3, -0.25) is 14.4 Å². The first-order valence-corrected chi connectivity index (χ1v) is 12.5. The third-order valence-electron chi connectivity index (χ3n) is 6.37. The van der Waals surface area contributed by atoms with Crippen LogP contribution in [0.1, 0.15) is 17.5 Å². The number of carbonyl (C=O) groups is 3. The number of hydrogen-bond donors (Lipinski definition) is 2. The molecule has 2 aliphatic rings. The van der Waals surface area contributed by atoms with Crippen molar-refractivity contribution in [1.82, 2.24) is 5.32 Å². The van der Waals surface area contributed by atoms with Crippen LogP contribution < -0.4 is 29.7 Å². The third kappa shape index (κ3) is 5.84. The molecule has 3 amide bonds. The van der Waals surface area contributed by atoms with Gasteiger partial charge in [0, 0.05) is 35.9 Å². The SMILES string of the molecule is Cc1ccc(NC(=O)COc2ccc(N3C[C@@H](C(=O)NCc4ccc5c(c4)OCO5)CC3=O)cc2)cc1Cl. The molecule has 10 heteroatoms. The Bertz CT molecular complexity index is 1380. The first-order chi connectivity index (χ1) is 18.4. The third-order valence-corrected chi connectivity index (χ3v) is 6.78. The van der Waals surface area contributed by atoms with E-state index in [2.05, 4.69) is 10.6 Å². The fourth-order valence-electron chi connectivity index (χ4n) is 4.26. The van der Waals surface area contributed by atoms with Crippen LogP contribution in [0.15, 0.2) is 60.7 Å². The van der Waals surface area contributed by atoms with E-state index in [1.54, 1.807) is 41.3 Å². The molecule has 0 spiro atoms. The van der Waals surface area contributed by atoms with Gasteiger partial charge in [-0.1, -0.05) is 23.7 Å². The van der Waals surface area contributed by atoms with Gasteiger partial charge < -0.3 is 29.7 Å². The van der Waals surface area contributed by atoms with Crippen LogP contribution in [0, 0.1) is 12.8 Å². The maximum Gasteiger partial charge on any atom is 0.262 e. The molecule has 9 nitrogen and oxygen atoms in total. The van der Waals surface area contributed by atoms with Gasteiger partial charge in [-0.05, 0) is 66.6 Å². The Morgan fingerprint density at radius 3 is 2.63 bits per heavy atom. The zero-order valence-electron chi connectivity index (χ0n) is 20.7. The van der Waals surface area contributed by atoms with Crippen LogP contribution in [-0.2, 0) is 20.9 Å². The number of hydrogen-bond acceptors (Lipinski definition) is 6. The van der Waals surface area contributed by atoms with Gasteiger partial charge in [-0.25, -0.2) is 0 Å². The summed E-state index contributed by atoms with van der Waals surface area (Å²) in [5.41, 5.74) is 3.06. The van der Waals surface area contributed by atoms with E-state index in [9.17, 15) is 14.4 Å². The molecule has 5 rings (SSSR count). The number of nitrogens with zero attached hydrogens (tertiary/aromatic N) is 1. The standard InChI is InChI=1S/C28H26ClN3O6/c1-17-2-4-20(12-23(17)29)31-26(33)15-36-22-7-5-21(6-8-22)32-14-19(11-27(32)34)28(35)30-13-18-3-9-24-25(10-18)38-16-37-24/h2-10,12,19H,11,13-16H2,1H3,(H,30,35)(H,31,33)/t19-/m0/s1. The summed E-state index contributed by atoms with van der Waals surface area (Å²) in [6.07, 6.45) is 0.133. The van der Waals surface area contributed by atoms with E-state index >= 15 is 0 Å². The van der Waals surface area contributed by atoms with Gasteiger partial charge in [0.15, 0.2) is 18.1 Å². The van der Waals surface area contributed by atoms with Crippen molar-refractivity contribution in [3.8, 4) is 17.2 Å². The van der Waals surface area contributed by atoms with Crippen LogP contribution in [0.2, 0.25) is 5.02 Å². The van der Waals surface area contributed by atoms with E-state index in [4.69, 9.17) is 25.8 Å². The summed E-state index contributed by atoms with van der Waals surface area (Å²) in [6, 6.07) is 17.6. The van der Waals surface area contributed by atoms with Gasteiger partial charge in [0.05, 0.1) is 5.92 Å². The maximum atomic E-state index is 12.7. The number of nitrogens with one attached hydrogen (secondary N) is 2. The molecule has 3 aromatic rings. The van der Waals surface area contributed by atoms with Crippen LogP contribution >= 0.6 is 11.6 Å². The predicted octanol–water partition coefficient (Wildman–Crippen LogP) is 4.06. The normalized spacial score (nSPS) is 15.9. The molecule has 0 bridgehead atoms. The van der Waals surface area contributed by atoms with Gasteiger partial charge in [0.25, 0.3) is 5.91 Å². The van der Waals surface area contributed by atoms with E-state index in [0.717, 1.165) is 11.1 Å². The van der Waals surface area contributed by atoms with Crippen molar-refractivity contribution >= 4 is 40.7 Å². The molecule has 0 saturated carbocycles. The molecule has 1 saturated heterocycles. The average Bonchev–Trinajstić information content (AvgIpc) is 3.55. The molecular formula is C28H26ClN3O6. The highest BCUT2D eigenvalue weighted by Gasteiger charge is 2.35. The Morgan fingerprint density at radius 2 is 1.84 bits per heavy atom. The molecule has 1 atom stereocenters. The number of halogens is 1. The largest absolute Gasteiger partial charge is 0.484 e. The Kier molecular flexibility index (Phi) is 7.37. The summed E-state index contributed by atoms with van der Waals surface area (Å²) in [4.78, 5) is 39.2. The first kappa shape index (κ1) is 25.4. The van der Waals surface area contributed by atoms with Crippen LogP contribution in [0.5, 0.6) is 17.2 Å². The highest BCUT2D eigenvalue weighted by Crippen LogP contribution is 2.32. The van der Waals surface area contributed by atoms with Crippen molar-refractivity contribution in [1.29, 1.82) is 0 Å². The summed E-state index contributed by atoms with van der Waals surface area (Å²) in [5.74, 6) is 0.741. The molecule has 3 aromatic carbocycles. The molecule has 196 valence electrons. The first-order valence-electron chi connectivity index (χ1n) is 12.1. The number of ether oxygens (including phenoxy) is 3. The van der Waals surface area contributed by atoms with Crippen molar-refractivity contribution < 1.29 is 28.6 Å². The summed E-state index contributed by atoms with van der Waals surface area (Å²) >= 11 is 6.09. The Balaban J connectivity index is 1.10. The molecule has 0 aliphatic carbocycles. The molecule has 0 radical (unpaired) electrons. The monoisotopic (exact) mass is 535 g/mol. The zero-order chi connectivity index (χ0) is 26.6. The quantitative estimate of drug-likeness (QED) is 0.450. The zero-order valence-corrected chi connectivity index (χ0v) is 21.4. The number of amides is 3. The summed E-state index contributed by atoms with van der Waals surface area (Å²) in [7, 11) is 0. The molecule has 2 N–H and O–H groups in total. The molecule has 0 unspecified atom stereocenters. The van der Waals surface area contributed by atoms with Crippen molar-refractivity contribution in [2.75, 3.05) is 30.2 Å². The molecular weight excluding hydrogens is 510 g/mol. The lowest BCUT2D eigenvalue weighted by Crippen LogP contribution is -2.32. The minimum Gasteiger partial charge on any atom is -0.484 e. The van der Waals surface area contributed by atoms with Gasteiger partial charge in [0.1, 0.15) is 5.75 Å². The van der Waals surface area contributed by atoms with E-state index in [1.807, 2.05) is 31.2 Å². The van der Waals surface area contributed by atoms with Crippen molar-refractivity contribution in [2.24, 2.45) is 5.92 Å². The Labute approximate surface area is 224 Å². The Hall–Kier alpha value is -4.24. The van der Waals surface area contributed by atoms with Crippen molar-refractivity contribution in [3.05, 3.63) is 76.8 Å². The van der Waals surface area contributed by atoms with Gasteiger partial charge >= 0.3 is 0 Å².